The van der Waals surface area contributed by atoms with Crippen LogP contribution >= 0.6 is 0 Å². The number of Topliss-reactive ketones (excluding diaryl/α,β-unsaturated/α-hetero) is 1. The maximum atomic E-state index is 13.5. The lowest BCUT2D eigenvalue weighted by molar-refractivity contribution is -0.136. The van der Waals surface area contributed by atoms with E-state index in [1.165, 1.54) is 24.4 Å². The molecule has 0 bridgehead atoms. The Labute approximate surface area is 152 Å². The van der Waals surface area contributed by atoms with Crippen LogP contribution in [-0.2, 0) is 11.4 Å². The lowest BCUT2D eigenvalue weighted by Gasteiger charge is -2.11. The standard InChI is InChI=1S/C19H15FN2O5/c20-12-3-1-2-10(6-12)11-7-13-14(9-23)17(15(24)4-5-16(25)26)19(27)22-18(13)21-8-11/h1-3,6-8,23H,4-5,9H2,(H,25,26)(H,21,22,27). The molecule has 27 heavy (non-hydrogen) atoms. The van der Waals surface area contributed by atoms with Gasteiger partial charge in [0, 0.05) is 29.1 Å². The van der Waals surface area contributed by atoms with Crippen LogP contribution in [0.1, 0.15) is 28.8 Å². The summed E-state index contributed by atoms with van der Waals surface area (Å²) in [5.74, 6) is -2.28. The van der Waals surface area contributed by atoms with Gasteiger partial charge in [-0.25, -0.2) is 9.37 Å². The Morgan fingerprint density at radius 2 is 1.93 bits per heavy atom. The summed E-state index contributed by atoms with van der Waals surface area (Å²) in [6, 6.07) is 7.41. The van der Waals surface area contributed by atoms with Crippen LogP contribution < -0.4 is 5.56 Å². The van der Waals surface area contributed by atoms with Crippen molar-refractivity contribution in [1.29, 1.82) is 0 Å². The molecule has 0 spiro atoms. The van der Waals surface area contributed by atoms with Gasteiger partial charge < -0.3 is 15.2 Å². The van der Waals surface area contributed by atoms with Gasteiger partial charge in [0.2, 0.25) is 0 Å². The molecule has 0 aliphatic heterocycles. The molecule has 0 radical (unpaired) electrons. The number of carbonyl (C=O) groups excluding carboxylic acids is 1. The number of aliphatic carboxylic acids is 1. The number of fused-ring (bicyclic) bond motifs is 1. The number of carboxylic acid groups (broad SMARTS) is 1. The molecule has 1 aromatic carbocycles. The van der Waals surface area contributed by atoms with Crippen molar-refractivity contribution in [3.63, 3.8) is 0 Å². The first kappa shape index (κ1) is 18.4. The van der Waals surface area contributed by atoms with Crippen molar-refractivity contribution in [1.82, 2.24) is 9.97 Å². The second-order valence-electron chi connectivity index (χ2n) is 5.91. The first-order chi connectivity index (χ1) is 12.9. The summed E-state index contributed by atoms with van der Waals surface area (Å²) in [5.41, 5.74) is 0.275. The molecule has 2 aromatic heterocycles. The number of aromatic amines is 1. The van der Waals surface area contributed by atoms with Crippen molar-refractivity contribution >= 4 is 22.8 Å². The van der Waals surface area contributed by atoms with Gasteiger partial charge in [-0.05, 0) is 23.8 Å². The number of hydrogen-bond acceptors (Lipinski definition) is 5. The lowest BCUT2D eigenvalue weighted by atomic mass is 9.98. The van der Waals surface area contributed by atoms with Gasteiger partial charge in [-0.2, -0.15) is 0 Å². The van der Waals surface area contributed by atoms with E-state index in [9.17, 15) is 23.9 Å². The highest BCUT2D eigenvalue weighted by Gasteiger charge is 2.20. The molecular formula is C19H15FN2O5. The molecular weight excluding hydrogens is 355 g/mol. The third-order valence-corrected chi connectivity index (χ3v) is 4.13. The molecule has 3 N–H and O–H groups in total. The predicted octanol–water partition coefficient (Wildman–Crippen LogP) is 2.27. The summed E-state index contributed by atoms with van der Waals surface area (Å²) in [6.07, 6.45) is 0.650. The second-order valence-corrected chi connectivity index (χ2v) is 5.91. The van der Waals surface area contributed by atoms with Gasteiger partial charge in [0.15, 0.2) is 5.78 Å². The van der Waals surface area contributed by atoms with E-state index in [2.05, 4.69) is 9.97 Å². The Morgan fingerprint density at radius 1 is 1.15 bits per heavy atom. The van der Waals surface area contributed by atoms with Crippen molar-refractivity contribution < 1.29 is 24.2 Å². The number of benzene rings is 1. The molecule has 0 saturated heterocycles. The number of aromatic nitrogens is 2. The molecule has 0 amide bonds. The first-order valence-corrected chi connectivity index (χ1v) is 8.07. The third kappa shape index (κ3) is 3.75. The fourth-order valence-electron chi connectivity index (χ4n) is 2.87. The summed E-state index contributed by atoms with van der Waals surface area (Å²) in [7, 11) is 0. The zero-order valence-electron chi connectivity index (χ0n) is 14.0. The van der Waals surface area contributed by atoms with E-state index in [0.717, 1.165) is 0 Å². The van der Waals surface area contributed by atoms with Gasteiger partial charge in [0.1, 0.15) is 11.5 Å². The van der Waals surface area contributed by atoms with Gasteiger partial charge in [0.25, 0.3) is 5.56 Å². The average Bonchev–Trinajstić information content (AvgIpc) is 2.64. The van der Waals surface area contributed by atoms with Crippen molar-refractivity contribution in [2.75, 3.05) is 0 Å². The van der Waals surface area contributed by atoms with Crippen LogP contribution in [0.25, 0.3) is 22.2 Å². The quantitative estimate of drug-likeness (QED) is 0.573. The number of nitrogens with one attached hydrogen (secondary N) is 1. The zero-order chi connectivity index (χ0) is 19.6. The van der Waals surface area contributed by atoms with Crippen LogP contribution in [0.3, 0.4) is 0 Å². The Hall–Kier alpha value is -3.39. The maximum Gasteiger partial charge on any atom is 0.303 e. The third-order valence-electron chi connectivity index (χ3n) is 4.13. The number of hydrogen-bond donors (Lipinski definition) is 3. The lowest BCUT2D eigenvalue weighted by Crippen LogP contribution is -2.22. The smallest absolute Gasteiger partial charge is 0.303 e. The molecule has 7 nitrogen and oxygen atoms in total. The van der Waals surface area contributed by atoms with Crippen LogP contribution in [-0.4, -0.2) is 31.9 Å². The Balaban J connectivity index is 2.17. The number of ketones is 1. The van der Waals surface area contributed by atoms with E-state index < -0.39 is 36.2 Å². The van der Waals surface area contributed by atoms with Crippen molar-refractivity contribution in [3.05, 3.63) is 63.8 Å². The predicted molar refractivity (Wildman–Crippen MR) is 94.9 cm³/mol. The van der Waals surface area contributed by atoms with E-state index in [1.807, 2.05) is 0 Å². The van der Waals surface area contributed by atoms with Crippen LogP contribution in [0.5, 0.6) is 0 Å². The number of halogens is 1. The fraction of sp³-hybridized carbons (Fsp3) is 0.158. The highest BCUT2D eigenvalue weighted by molar-refractivity contribution is 6.02. The minimum Gasteiger partial charge on any atom is -0.481 e. The van der Waals surface area contributed by atoms with Crippen molar-refractivity contribution in [3.8, 4) is 11.1 Å². The number of aliphatic hydroxyl groups is 1. The number of nitrogens with zero attached hydrogens (tertiary/aromatic N) is 1. The molecule has 0 aliphatic rings. The molecule has 0 unspecified atom stereocenters. The van der Waals surface area contributed by atoms with E-state index in [4.69, 9.17) is 5.11 Å². The number of carboxylic acids is 1. The van der Waals surface area contributed by atoms with E-state index in [1.54, 1.807) is 12.1 Å². The first-order valence-electron chi connectivity index (χ1n) is 8.07. The van der Waals surface area contributed by atoms with Crippen molar-refractivity contribution in [2.45, 2.75) is 19.4 Å². The molecule has 8 heteroatoms. The van der Waals surface area contributed by atoms with Gasteiger partial charge in [-0.1, -0.05) is 12.1 Å². The fourth-order valence-corrected chi connectivity index (χ4v) is 2.87. The number of H-pyrrole nitrogens is 1. The summed E-state index contributed by atoms with van der Waals surface area (Å²) in [5, 5.41) is 18.8. The zero-order valence-corrected chi connectivity index (χ0v) is 14.0. The Kier molecular flexibility index (Phi) is 5.09. The molecule has 0 saturated carbocycles. The van der Waals surface area contributed by atoms with Crippen LogP contribution in [0.15, 0.2) is 41.3 Å². The number of pyridine rings is 2. The van der Waals surface area contributed by atoms with E-state index in [0.29, 0.717) is 16.5 Å². The van der Waals surface area contributed by atoms with Gasteiger partial charge in [0.05, 0.1) is 18.6 Å². The molecule has 138 valence electrons. The normalized spacial score (nSPS) is 10.9. The maximum absolute atomic E-state index is 13.5. The average molecular weight is 370 g/mol. The van der Waals surface area contributed by atoms with Gasteiger partial charge >= 0.3 is 5.97 Å². The molecule has 3 rings (SSSR count). The highest BCUT2D eigenvalue weighted by atomic mass is 19.1. The van der Waals surface area contributed by atoms with Crippen LogP contribution in [0.2, 0.25) is 0 Å². The van der Waals surface area contributed by atoms with Gasteiger partial charge in [-0.15, -0.1) is 0 Å². The van der Waals surface area contributed by atoms with Crippen LogP contribution in [0, 0.1) is 5.82 Å². The summed E-state index contributed by atoms with van der Waals surface area (Å²) >= 11 is 0. The minimum atomic E-state index is -1.17. The Bertz CT molecular complexity index is 1110. The molecule has 0 atom stereocenters. The number of aliphatic hydroxyl groups excluding tert-OH is 1. The summed E-state index contributed by atoms with van der Waals surface area (Å²) in [4.78, 5) is 41.9. The molecule has 0 aliphatic carbocycles. The SMILES string of the molecule is O=C(O)CCC(=O)c1c(CO)c2cc(-c3cccc(F)c3)cnc2[nH]c1=O. The molecule has 2 heterocycles. The number of carbonyl (C=O) groups is 2. The highest BCUT2D eigenvalue weighted by Crippen LogP contribution is 2.25. The molecule has 3 aromatic rings. The van der Waals surface area contributed by atoms with Crippen LogP contribution in [0.4, 0.5) is 4.39 Å². The summed E-state index contributed by atoms with van der Waals surface area (Å²) in [6.45, 7) is -0.608. The minimum absolute atomic E-state index is 0.0647. The van der Waals surface area contributed by atoms with E-state index >= 15 is 0 Å². The largest absolute Gasteiger partial charge is 0.481 e. The monoisotopic (exact) mass is 370 g/mol. The second kappa shape index (κ2) is 7.46. The Morgan fingerprint density at radius 3 is 2.59 bits per heavy atom. The summed E-state index contributed by atoms with van der Waals surface area (Å²) < 4.78 is 13.5. The van der Waals surface area contributed by atoms with E-state index in [-0.39, 0.29) is 23.2 Å². The van der Waals surface area contributed by atoms with Gasteiger partial charge in [-0.3, -0.25) is 14.4 Å². The number of rotatable bonds is 6. The van der Waals surface area contributed by atoms with Crippen molar-refractivity contribution in [2.24, 2.45) is 0 Å². The molecule has 0 fully saturated rings. The topological polar surface area (TPSA) is 120 Å².